The van der Waals surface area contributed by atoms with Crippen molar-refractivity contribution >= 4 is 32.7 Å². The molecule has 242 valence electrons. The van der Waals surface area contributed by atoms with Gasteiger partial charge in [0.15, 0.2) is 0 Å². The van der Waals surface area contributed by atoms with Gasteiger partial charge in [-0.15, -0.1) is 13.2 Å². The number of aromatic nitrogens is 5. The van der Waals surface area contributed by atoms with Crippen LogP contribution in [0.15, 0.2) is 99.9 Å². The lowest BCUT2D eigenvalue weighted by molar-refractivity contribution is -0.212. The molecule has 2 aromatic carbocycles. The minimum absolute atomic E-state index is 0.132. The Bertz CT molecular complexity index is 2390. The Kier molecular flexibility index (Phi) is 8.04. The number of alkyl halides is 3. The molecular formula is C33H28F3N5O4S2. The Labute approximate surface area is 271 Å². The molecule has 0 N–H and O–H groups in total. The van der Waals surface area contributed by atoms with Crippen LogP contribution in [-0.2, 0) is 36.2 Å². The molecule has 0 radical (unpaired) electrons. The van der Waals surface area contributed by atoms with Crippen LogP contribution < -0.4 is 11.1 Å². The second kappa shape index (κ2) is 11.8. The molecule has 0 bridgehead atoms. The van der Waals surface area contributed by atoms with Crippen molar-refractivity contribution in [2.75, 3.05) is 6.26 Å². The molecule has 0 atom stereocenters. The fraction of sp³-hybridized carbons (Fsp3) is 0.182. The number of aryl methyl sites for hydroxylation is 3. The zero-order valence-electron chi connectivity index (χ0n) is 25.6. The van der Waals surface area contributed by atoms with Gasteiger partial charge in [0.05, 0.1) is 16.8 Å². The van der Waals surface area contributed by atoms with Crippen molar-refractivity contribution in [3.05, 3.63) is 117 Å². The van der Waals surface area contributed by atoms with Crippen LogP contribution in [0.2, 0.25) is 0 Å². The minimum Gasteiger partial charge on any atom is -0.318 e. The third kappa shape index (κ3) is 5.71. The van der Waals surface area contributed by atoms with Gasteiger partial charge in [0.2, 0.25) is 0 Å². The van der Waals surface area contributed by atoms with Crippen LogP contribution in [0.5, 0.6) is 0 Å². The lowest BCUT2D eigenvalue weighted by Crippen LogP contribution is -2.23. The van der Waals surface area contributed by atoms with E-state index >= 15 is 0 Å². The van der Waals surface area contributed by atoms with E-state index in [1.54, 1.807) is 44.1 Å². The number of hydrogen-bond acceptors (Lipinski definition) is 6. The maximum atomic E-state index is 14.3. The van der Waals surface area contributed by atoms with Gasteiger partial charge in [0.25, 0.3) is 21.1 Å². The third-order valence-electron chi connectivity index (χ3n) is 7.89. The summed E-state index contributed by atoms with van der Waals surface area (Å²) in [5, 5.41) is 3.54. The first-order chi connectivity index (χ1) is 22.2. The van der Waals surface area contributed by atoms with Crippen molar-refractivity contribution in [3.8, 4) is 33.5 Å². The van der Waals surface area contributed by atoms with Crippen molar-refractivity contribution in [1.29, 1.82) is 0 Å². The van der Waals surface area contributed by atoms with Crippen LogP contribution in [0.1, 0.15) is 11.1 Å². The van der Waals surface area contributed by atoms with Gasteiger partial charge in [-0.05, 0) is 48.1 Å². The summed E-state index contributed by atoms with van der Waals surface area (Å²) in [6, 6.07) is 16.4. The highest BCUT2D eigenvalue weighted by molar-refractivity contribution is 7.97. The van der Waals surface area contributed by atoms with Crippen molar-refractivity contribution < 1.29 is 21.6 Å². The van der Waals surface area contributed by atoms with Gasteiger partial charge in [0.1, 0.15) is 5.52 Å². The van der Waals surface area contributed by atoms with Gasteiger partial charge in [-0.3, -0.25) is 9.59 Å². The zero-order chi connectivity index (χ0) is 33.8. The number of benzene rings is 2. The summed E-state index contributed by atoms with van der Waals surface area (Å²) in [5.74, 6) is 0.804. The van der Waals surface area contributed by atoms with E-state index in [1.807, 2.05) is 30.5 Å². The molecule has 0 aliphatic carbocycles. The van der Waals surface area contributed by atoms with Gasteiger partial charge < -0.3 is 9.13 Å². The number of nitrogens with zero attached hydrogens (tertiary/aromatic N) is 5. The number of fused-ring (bicyclic) bond motifs is 1. The normalized spacial score (nSPS) is 12.2. The Balaban J connectivity index is 1.72. The maximum Gasteiger partial charge on any atom is 0.504 e. The Morgan fingerprint density at radius 3 is 2.11 bits per heavy atom. The van der Waals surface area contributed by atoms with Crippen LogP contribution in [0.4, 0.5) is 13.2 Å². The van der Waals surface area contributed by atoms with Gasteiger partial charge in [-0.2, -0.15) is 21.5 Å². The smallest absolute Gasteiger partial charge is 0.318 e. The van der Waals surface area contributed by atoms with Gasteiger partial charge in [-0.25, -0.2) is 12.4 Å². The van der Waals surface area contributed by atoms with Gasteiger partial charge in [-0.1, -0.05) is 42.0 Å². The van der Waals surface area contributed by atoms with E-state index in [4.69, 9.17) is 0 Å². The Morgan fingerprint density at radius 1 is 0.830 bits per heavy atom. The van der Waals surface area contributed by atoms with Crippen molar-refractivity contribution in [1.82, 2.24) is 22.9 Å². The molecule has 4 aromatic heterocycles. The molecular weight excluding hydrogens is 652 g/mol. The molecule has 0 aliphatic rings. The van der Waals surface area contributed by atoms with E-state index in [9.17, 15) is 31.2 Å². The Hall–Kier alpha value is -4.82. The van der Waals surface area contributed by atoms with E-state index in [-0.39, 0.29) is 37.3 Å². The standard InChI is InChI=1S/C33H28F3N5O4S2/c1-20-5-11-24(12-6-20)47(44,45)41-29(23-15-37-40(16-23)33(34,35)36)13-26-28(18-39(3)32(43)31(26)41)25-14-30(42)38(2)17-27(25)22-9-7-21(8-10-22)19-46-4/h5-18H,19H2,1-4H3. The predicted molar refractivity (Wildman–Crippen MR) is 177 cm³/mol. The average Bonchev–Trinajstić information content (AvgIpc) is 3.68. The largest absolute Gasteiger partial charge is 0.504 e. The zero-order valence-corrected chi connectivity index (χ0v) is 27.2. The summed E-state index contributed by atoms with van der Waals surface area (Å²) in [4.78, 5) is 26.7. The summed E-state index contributed by atoms with van der Waals surface area (Å²) in [7, 11) is -1.50. The molecule has 6 aromatic rings. The molecule has 9 nitrogen and oxygen atoms in total. The summed E-state index contributed by atoms with van der Waals surface area (Å²) in [6.07, 6.45) is 1.85. The molecule has 0 aliphatic heterocycles. The molecule has 0 unspecified atom stereocenters. The highest BCUT2D eigenvalue weighted by Gasteiger charge is 2.34. The molecule has 0 amide bonds. The monoisotopic (exact) mass is 679 g/mol. The number of thioether (sulfide) groups is 1. The summed E-state index contributed by atoms with van der Waals surface area (Å²) >= 11 is 1.67. The molecule has 4 heterocycles. The quantitative estimate of drug-likeness (QED) is 0.202. The predicted octanol–water partition coefficient (Wildman–Crippen LogP) is 6.12. The van der Waals surface area contributed by atoms with Gasteiger partial charge >= 0.3 is 6.30 Å². The van der Waals surface area contributed by atoms with Crippen molar-refractivity contribution in [2.45, 2.75) is 23.9 Å². The van der Waals surface area contributed by atoms with E-state index in [0.29, 0.717) is 22.9 Å². The van der Waals surface area contributed by atoms with E-state index in [1.165, 1.54) is 46.6 Å². The number of rotatable bonds is 7. The van der Waals surface area contributed by atoms with E-state index in [2.05, 4.69) is 5.10 Å². The topological polar surface area (TPSA) is 101 Å². The van der Waals surface area contributed by atoms with Crippen molar-refractivity contribution in [3.63, 3.8) is 0 Å². The molecule has 0 spiro atoms. The number of pyridine rings is 2. The van der Waals surface area contributed by atoms with Crippen LogP contribution in [-0.4, -0.2) is 37.6 Å². The van der Waals surface area contributed by atoms with Crippen LogP contribution in [0, 0.1) is 6.92 Å². The molecule has 6 rings (SSSR count). The second-order valence-corrected chi connectivity index (χ2v) is 13.8. The fourth-order valence-corrected chi connectivity index (χ4v) is 7.54. The fourth-order valence-electron chi connectivity index (χ4n) is 5.49. The highest BCUT2D eigenvalue weighted by Crippen LogP contribution is 2.39. The van der Waals surface area contributed by atoms with Crippen molar-refractivity contribution in [2.24, 2.45) is 14.1 Å². The average molecular weight is 680 g/mol. The van der Waals surface area contributed by atoms with Crippen LogP contribution in [0.25, 0.3) is 44.4 Å². The number of hydrogen-bond donors (Lipinski definition) is 0. The first-order valence-electron chi connectivity index (χ1n) is 14.2. The first kappa shape index (κ1) is 32.1. The minimum atomic E-state index is -4.86. The SMILES string of the molecule is CSCc1ccc(-c2cn(C)c(=O)cc2-c2cn(C)c(=O)c3c2cc(-c2cnn(C(F)(F)F)c2)n3S(=O)(=O)c2ccc(C)cc2)cc1. The first-order valence-corrected chi connectivity index (χ1v) is 17.0. The number of halogens is 3. The van der Waals surface area contributed by atoms with E-state index in [0.717, 1.165) is 32.6 Å². The lowest BCUT2D eigenvalue weighted by atomic mass is 9.95. The van der Waals surface area contributed by atoms with E-state index < -0.39 is 21.9 Å². The third-order valence-corrected chi connectivity index (χ3v) is 10.2. The molecule has 47 heavy (non-hydrogen) atoms. The van der Waals surface area contributed by atoms with Crippen LogP contribution in [0.3, 0.4) is 0 Å². The maximum absolute atomic E-state index is 14.3. The van der Waals surface area contributed by atoms with Gasteiger partial charge in [0, 0.05) is 66.6 Å². The molecule has 0 saturated carbocycles. The summed E-state index contributed by atoms with van der Waals surface area (Å²) < 4.78 is 72.6. The highest BCUT2D eigenvalue weighted by atomic mass is 32.2. The molecule has 0 saturated heterocycles. The summed E-state index contributed by atoms with van der Waals surface area (Å²) in [6.45, 7) is 1.78. The molecule has 14 heteroatoms. The second-order valence-electron chi connectivity index (χ2n) is 11.2. The summed E-state index contributed by atoms with van der Waals surface area (Å²) in [5.41, 5.74) is 2.28. The lowest BCUT2D eigenvalue weighted by Gasteiger charge is -2.15. The molecule has 0 fully saturated rings. The van der Waals surface area contributed by atoms with Crippen LogP contribution >= 0.6 is 11.8 Å². The Morgan fingerprint density at radius 2 is 1.49 bits per heavy atom.